The van der Waals surface area contributed by atoms with E-state index >= 15 is 0 Å². The Hall–Kier alpha value is -2.77. The van der Waals surface area contributed by atoms with Crippen molar-refractivity contribution in [1.29, 1.82) is 0 Å². The maximum absolute atomic E-state index is 12.4. The molecule has 0 bridgehead atoms. The Balaban J connectivity index is 1.39. The normalized spacial score (nSPS) is 14.3. The summed E-state index contributed by atoms with van der Waals surface area (Å²) in [5, 5.41) is 7.96. The lowest BCUT2D eigenvalue weighted by Gasteiger charge is -2.25. The molecule has 0 fully saturated rings. The van der Waals surface area contributed by atoms with Gasteiger partial charge in [0.2, 0.25) is 5.91 Å². The maximum atomic E-state index is 12.4. The van der Waals surface area contributed by atoms with Gasteiger partial charge in [0.05, 0.1) is 11.4 Å². The maximum Gasteiger partial charge on any atom is 0.250 e. The molecule has 3 aromatic rings. The van der Waals surface area contributed by atoms with Crippen LogP contribution in [0.25, 0.3) is 6.08 Å². The Labute approximate surface area is 174 Å². The molecule has 29 heavy (non-hydrogen) atoms. The molecule has 0 atom stereocenters. The fourth-order valence-corrected chi connectivity index (χ4v) is 4.67. The molecule has 4 rings (SSSR count). The van der Waals surface area contributed by atoms with Crippen LogP contribution in [0.15, 0.2) is 36.4 Å². The SMILES string of the molecule is Cc1nn(C)c(C)c1C=CC(=O)Nc1nc2c(s1)CN(Cc1ccccc1)CC2. The summed E-state index contributed by atoms with van der Waals surface area (Å²) < 4.78 is 1.82. The highest BCUT2D eigenvalue weighted by atomic mass is 32.1. The van der Waals surface area contributed by atoms with Crippen LogP contribution in [0.5, 0.6) is 0 Å². The molecule has 0 aliphatic carbocycles. The Morgan fingerprint density at radius 3 is 2.79 bits per heavy atom. The fourth-order valence-electron chi connectivity index (χ4n) is 3.62. The molecule has 150 valence electrons. The van der Waals surface area contributed by atoms with Crippen molar-refractivity contribution in [2.45, 2.75) is 33.4 Å². The van der Waals surface area contributed by atoms with Crippen LogP contribution in [-0.4, -0.2) is 32.1 Å². The molecule has 0 spiro atoms. The van der Waals surface area contributed by atoms with Crippen molar-refractivity contribution < 1.29 is 4.79 Å². The number of carbonyl (C=O) groups excluding carboxylic acids is 1. The minimum absolute atomic E-state index is 0.167. The van der Waals surface area contributed by atoms with Gasteiger partial charge < -0.3 is 0 Å². The first-order valence-corrected chi connectivity index (χ1v) is 10.6. The number of fused-ring (bicyclic) bond motifs is 1. The molecule has 1 N–H and O–H groups in total. The molecular formula is C22H25N5OS. The van der Waals surface area contributed by atoms with E-state index in [9.17, 15) is 4.79 Å². The van der Waals surface area contributed by atoms with Crippen LogP contribution >= 0.6 is 11.3 Å². The lowest BCUT2D eigenvalue weighted by Crippen LogP contribution is -2.29. The van der Waals surface area contributed by atoms with E-state index in [2.05, 4.69) is 44.6 Å². The number of nitrogens with one attached hydrogen (secondary N) is 1. The third-order valence-electron chi connectivity index (χ3n) is 5.26. The van der Waals surface area contributed by atoms with Gasteiger partial charge in [-0.25, -0.2) is 4.98 Å². The van der Waals surface area contributed by atoms with Crippen LogP contribution in [0.1, 0.15) is 33.1 Å². The standard InChI is InChI=1S/C22H25N5OS/c1-15-18(16(2)26(3)25-15)9-10-21(28)24-22-23-19-11-12-27(14-20(19)29-22)13-17-7-5-4-6-8-17/h4-10H,11-14H2,1-3H3,(H,23,24,28). The van der Waals surface area contributed by atoms with Crippen molar-refractivity contribution in [3.05, 3.63) is 69.5 Å². The largest absolute Gasteiger partial charge is 0.298 e. The van der Waals surface area contributed by atoms with Crippen molar-refractivity contribution in [3.8, 4) is 0 Å². The Morgan fingerprint density at radius 2 is 2.07 bits per heavy atom. The molecule has 3 heterocycles. The summed E-state index contributed by atoms with van der Waals surface area (Å²) in [6.07, 6.45) is 4.29. The third kappa shape index (κ3) is 4.46. The van der Waals surface area contributed by atoms with E-state index in [0.717, 1.165) is 48.7 Å². The summed E-state index contributed by atoms with van der Waals surface area (Å²) in [6, 6.07) is 10.5. The number of anilines is 1. The van der Waals surface area contributed by atoms with Gasteiger partial charge >= 0.3 is 0 Å². The summed E-state index contributed by atoms with van der Waals surface area (Å²) in [6.45, 7) is 6.74. The number of benzene rings is 1. The molecule has 2 aromatic heterocycles. The Morgan fingerprint density at radius 1 is 1.28 bits per heavy atom. The summed E-state index contributed by atoms with van der Waals surface area (Å²) in [5.41, 5.74) is 5.36. The van der Waals surface area contributed by atoms with Gasteiger partial charge in [-0.2, -0.15) is 5.10 Å². The molecule has 1 aliphatic rings. The van der Waals surface area contributed by atoms with E-state index < -0.39 is 0 Å². The Bertz CT molecular complexity index is 1050. The van der Waals surface area contributed by atoms with E-state index in [-0.39, 0.29) is 5.91 Å². The number of aryl methyl sites for hydroxylation is 2. The molecule has 0 unspecified atom stereocenters. The lowest BCUT2D eigenvalue weighted by atomic mass is 10.1. The molecule has 6 nitrogen and oxygen atoms in total. The van der Waals surface area contributed by atoms with Crippen LogP contribution in [-0.2, 0) is 31.4 Å². The topological polar surface area (TPSA) is 63.1 Å². The van der Waals surface area contributed by atoms with Crippen molar-refractivity contribution in [3.63, 3.8) is 0 Å². The Kier molecular flexibility index (Phi) is 5.60. The average Bonchev–Trinajstić information content (AvgIpc) is 3.20. The van der Waals surface area contributed by atoms with Gasteiger partial charge in [0.25, 0.3) is 0 Å². The first-order valence-electron chi connectivity index (χ1n) is 9.73. The van der Waals surface area contributed by atoms with E-state index in [1.807, 2.05) is 37.7 Å². The quantitative estimate of drug-likeness (QED) is 0.655. The molecule has 1 aromatic carbocycles. The van der Waals surface area contributed by atoms with E-state index in [1.165, 1.54) is 10.4 Å². The highest BCUT2D eigenvalue weighted by Crippen LogP contribution is 2.29. The molecule has 1 amide bonds. The summed E-state index contributed by atoms with van der Waals surface area (Å²) in [5.74, 6) is -0.167. The average molecular weight is 408 g/mol. The zero-order valence-corrected chi connectivity index (χ0v) is 17.8. The van der Waals surface area contributed by atoms with Gasteiger partial charge in [-0.05, 0) is 25.5 Å². The number of nitrogens with zero attached hydrogens (tertiary/aromatic N) is 4. The van der Waals surface area contributed by atoms with Crippen molar-refractivity contribution >= 4 is 28.5 Å². The first-order chi connectivity index (χ1) is 14.0. The molecule has 0 radical (unpaired) electrons. The zero-order chi connectivity index (χ0) is 20.4. The molecule has 7 heteroatoms. The minimum atomic E-state index is -0.167. The van der Waals surface area contributed by atoms with Gasteiger partial charge in [0.15, 0.2) is 5.13 Å². The number of aromatic nitrogens is 3. The van der Waals surface area contributed by atoms with Gasteiger partial charge in [-0.15, -0.1) is 11.3 Å². The molecule has 0 saturated carbocycles. The molecule has 0 saturated heterocycles. The smallest absolute Gasteiger partial charge is 0.250 e. The zero-order valence-electron chi connectivity index (χ0n) is 17.0. The summed E-state index contributed by atoms with van der Waals surface area (Å²) in [7, 11) is 1.90. The number of hydrogen-bond acceptors (Lipinski definition) is 5. The lowest BCUT2D eigenvalue weighted by molar-refractivity contribution is -0.111. The number of thiazole rings is 1. The number of hydrogen-bond donors (Lipinski definition) is 1. The van der Waals surface area contributed by atoms with Gasteiger partial charge in [-0.3, -0.25) is 19.7 Å². The monoisotopic (exact) mass is 407 g/mol. The van der Waals surface area contributed by atoms with Crippen molar-refractivity contribution in [2.24, 2.45) is 7.05 Å². The van der Waals surface area contributed by atoms with Gasteiger partial charge in [0, 0.05) is 55.3 Å². The number of rotatable bonds is 5. The number of carbonyl (C=O) groups is 1. The van der Waals surface area contributed by atoms with E-state index in [1.54, 1.807) is 17.4 Å². The van der Waals surface area contributed by atoms with Crippen molar-refractivity contribution in [1.82, 2.24) is 19.7 Å². The van der Waals surface area contributed by atoms with Crippen molar-refractivity contribution in [2.75, 3.05) is 11.9 Å². The van der Waals surface area contributed by atoms with E-state index in [4.69, 9.17) is 0 Å². The van der Waals surface area contributed by atoms with Gasteiger partial charge in [-0.1, -0.05) is 30.3 Å². The third-order valence-corrected chi connectivity index (χ3v) is 6.25. The highest BCUT2D eigenvalue weighted by Gasteiger charge is 2.21. The first kappa shape index (κ1) is 19.5. The van der Waals surface area contributed by atoms with Crippen LogP contribution < -0.4 is 5.32 Å². The second-order valence-electron chi connectivity index (χ2n) is 7.37. The summed E-state index contributed by atoms with van der Waals surface area (Å²) >= 11 is 1.57. The molecular weight excluding hydrogens is 382 g/mol. The van der Waals surface area contributed by atoms with Crippen LogP contribution in [0.4, 0.5) is 5.13 Å². The molecule has 1 aliphatic heterocycles. The number of amides is 1. The van der Waals surface area contributed by atoms with Crippen LogP contribution in [0, 0.1) is 13.8 Å². The predicted octanol–water partition coefficient (Wildman–Crippen LogP) is 3.70. The minimum Gasteiger partial charge on any atom is -0.298 e. The van der Waals surface area contributed by atoms with Crippen LogP contribution in [0.3, 0.4) is 0 Å². The second kappa shape index (κ2) is 8.31. The van der Waals surface area contributed by atoms with Gasteiger partial charge in [0.1, 0.15) is 0 Å². The second-order valence-corrected chi connectivity index (χ2v) is 8.45. The fraction of sp³-hybridized carbons (Fsp3) is 0.318. The summed E-state index contributed by atoms with van der Waals surface area (Å²) in [4.78, 5) is 20.7. The highest BCUT2D eigenvalue weighted by molar-refractivity contribution is 7.15. The predicted molar refractivity (Wildman–Crippen MR) is 117 cm³/mol. The van der Waals surface area contributed by atoms with E-state index in [0.29, 0.717) is 5.13 Å². The van der Waals surface area contributed by atoms with Crippen LogP contribution in [0.2, 0.25) is 0 Å².